The molecular weight excluding hydrogens is 518 g/mol. The summed E-state index contributed by atoms with van der Waals surface area (Å²) in [5.41, 5.74) is 4.60. The van der Waals surface area contributed by atoms with E-state index in [2.05, 4.69) is 95.9 Å². The molecule has 5 heteroatoms. The molecule has 8 rings (SSSR count). The summed E-state index contributed by atoms with van der Waals surface area (Å²) in [5, 5.41) is 7.68. The summed E-state index contributed by atoms with van der Waals surface area (Å²) in [7, 11) is 0. The van der Waals surface area contributed by atoms with Crippen molar-refractivity contribution >= 4 is 44.1 Å². The van der Waals surface area contributed by atoms with Gasteiger partial charge in [0.15, 0.2) is 0 Å². The van der Waals surface area contributed by atoms with Crippen molar-refractivity contribution in [3.05, 3.63) is 120 Å². The Kier molecular flexibility index (Phi) is 5.93. The zero-order valence-electron chi connectivity index (χ0n) is 23.4. The summed E-state index contributed by atoms with van der Waals surface area (Å²) in [6.45, 7) is 3.24. The number of amides is 2. The first-order chi connectivity index (χ1) is 20.6. The van der Waals surface area contributed by atoms with Crippen LogP contribution in [-0.2, 0) is 22.7 Å². The second-order valence-electron chi connectivity index (χ2n) is 11.7. The second-order valence-corrected chi connectivity index (χ2v) is 11.7. The predicted molar refractivity (Wildman–Crippen MR) is 168 cm³/mol. The molecule has 206 valence electrons. The number of piperazine rings is 2. The Morgan fingerprint density at radius 2 is 1.31 bits per heavy atom. The molecule has 6 aromatic carbocycles. The Hall–Kier alpha value is -4.74. The first-order valence-electron chi connectivity index (χ1n) is 14.7. The maximum Gasteiger partial charge on any atom is 0.247 e. The molecule has 42 heavy (non-hydrogen) atoms. The fourth-order valence-electron chi connectivity index (χ4n) is 7.00. The summed E-state index contributed by atoms with van der Waals surface area (Å²) < 4.78 is 0. The van der Waals surface area contributed by atoms with Crippen LogP contribution in [0.15, 0.2) is 109 Å². The van der Waals surface area contributed by atoms with Crippen LogP contribution in [0.25, 0.3) is 43.4 Å². The smallest absolute Gasteiger partial charge is 0.247 e. The SMILES string of the molecule is O=C1C2CN(Cc3ccc4ccc5cccc6ccc3c4c56)CCN2C(=O)CN1Cc1ccc(-c2ccccc2)cc1. The van der Waals surface area contributed by atoms with Gasteiger partial charge in [-0.1, -0.05) is 109 Å². The Bertz CT molecular complexity index is 1930. The fraction of sp³-hybridized carbons (Fsp3) is 0.189. The van der Waals surface area contributed by atoms with Crippen LogP contribution in [0.1, 0.15) is 11.1 Å². The van der Waals surface area contributed by atoms with Crippen molar-refractivity contribution in [2.75, 3.05) is 26.2 Å². The summed E-state index contributed by atoms with van der Waals surface area (Å²) >= 11 is 0. The van der Waals surface area contributed by atoms with Crippen molar-refractivity contribution in [3.63, 3.8) is 0 Å². The number of rotatable bonds is 5. The van der Waals surface area contributed by atoms with Crippen LogP contribution in [0, 0.1) is 0 Å². The molecule has 6 aromatic rings. The van der Waals surface area contributed by atoms with Crippen LogP contribution in [0.5, 0.6) is 0 Å². The van der Waals surface area contributed by atoms with Gasteiger partial charge in [-0.15, -0.1) is 0 Å². The molecule has 1 atom stereocenters. The Labute approximate surface area is 244 Å². The number of nitrogens with zero attached hydrogens (tertiary/aromatic N) is 3. The molecule has 0 N–H and O–H groups in total. The lowest BCUT2D eigenvalue weighted by molar-refractivity contribution is -0.160. The molecule has 0 aliphatic carbocycles. The van der Waals surface area contributed by atoms with Gasteiger partial charge < -0.3 is 9.80 Å². The molecular formula is C37H31N3O2. The quantitative estimate of drug-likeness (QED) is 0.237. The van der Waals surface area contributed by atoms with Crippen molar-refractivity contribution in [1.29, 1.82) is 0 Å². The molecule has 0 bridgehead atoms. The van der Waals surface area contributed by atoms with Crippen LogP contribution in [-0.4, -0.2) is 58.7 Å². The number of hydrogen-bond acceptors (Lipinski definition) is 3. The Morgan fingerprint density at radius 1 is 0.619 bits per heavy atom. The largest absolute Gasteiger partial charge is 0.327 e. The molecule has 2 fully saturated rings. The van der Waals surface area contributed by atoms with E-state index < -0.39 is 6.04 Å². The van der Waals surface area contributed by atoms with Crippen LogP contribution in [0.4, 0.5) is 0 Å². The average molecular weight is 550 g/mol. The van der Waals surface area contributed by atoms with E-state index >= 15 is 0 Å². The summed E-state index contributed by atoms with van der Waals surface area (Å²) in [5.74, 6) is 0.0877. The molecule has 0 spiro atoms. The topological polar surface area (TPSA) is 43.9 Å². The number of fused-ring (bicyclic) bond motifs is 1. The third-order valence-corrected chi connectivity index (χ3v) is 9.16. The number of benzene rings is 6. The highest BCUT2D eigenvalue weighted by Gasteiger charge is 2.42. The maximum atomic E-state index is 13.7. The van der Waals surface area contributed by atoms with Crippen LogP contribution in [0.3, 0.4) is 0 Å². The maximum absolute atomic E-state index is 13.7. The molecule has 0 saturated carbocycles. The molecule has 0 aromatic heterocycles. The average Bonchev–Trinajstić information content (AvgIpc) is 3.04. The van der Waals surface area contributed by atoms with Crippen LogP contribution in [0.2, 0.25) is 0 Å². The van der Waals surface area contributed by atoms with E-state index in [0.717, 1.165) is 29.8 Å². The lowest BCUT2D eigenvalue weighted by Crippen LogP contribution is -2.66. The summed E-state index contributed by atoms with van der Waals surface area (Å²) in [6, 6.07) is 37.9. The van der Waals surface area contributed by atoms with Gasteiger partial charge in [-0.05, 0) is 54.6 Å². The molecule has 2 saturated heterocycles. The van der Waals surface area contributed by atoms with Crippen molar-refractivity contribution in [2.45, 2.75) is 19.1 Å². The summed E-state index contributed by atoms with van der Waals surface area (Å²) in [6.07, 6.45) is 0. The fourth-order valence-corrected chi connectivity index (χ4v) is 7.00. The highest BCUT2D eigenvalue weighted by atomic mass is 16.2. The van der Waals surface area contributed by atoms with Gasteiger partial charge >= 0.3 is 0 Å². The zero-order chi connectivity index (χ0) is 28.2. The van der Waals surface area contributed by atoms with E-state index in [0.29, 0.717) is 19.6 Å². The normalized spacial score (nSPS) is 18.0. The minimum Gasteiger partial charge on any atom is -0.327 e. The number of carbonyl (C=O) groups is 2. The molecule has 5 nitrogen and oxygen atoms in total. The molecule has 2 heterocycles. The van der Waals surface area contributed by atoms with Gasteiger partial charge in [0.05, 0.1) is 0 Å². The third-order valence-electron chi connectivity index (χ3n) is 9.16. The zero-order valence-corrected chi connectivity index (χ0v) is 23.4. The second kappa shape index (κ2) is 9.97. The van der Waals surface area contributed by atoms with Gasteiger partial charge in [0.25, 0.3) is 0 Å². The van der Waals surface area contributed by atoms with Gasteiger partial charge in [-0.25, -0.2) is 0 Å². The van der Waals surface area contributed by atoms with E-state index in [4.69, 9.17) is 0 Å². The standard InChI is InChI=1S/C37H31N3O2/c41-34-24-39(21-25-9-11-27(12-10-25)26-5-2-1-3-6-26)37(42)33-23-38(19-20-40(33)34)22-31-16-15-30-14-13-28-7-4-8-29-17-18-32(31)36(30)35(28)29/h1-18,33H,19-24H2. The molecule has 2 aliphatic rings. The van der Waals surface area contributed by atoms with E-state index in [9.17, 15) is 9.59 Å². The van der Waals surface area contributed by atoms with Crippen molar-refractivity contribution in [2.24, 2.45) is 0 Å². The van der Waals surface area contributed by atoms with Crippen molar-refractivity contribution < 1.29 is 9.59 Å². The van der Waals surface area contributed by atoms with Crippen molar-refractivity contribution in [1.82, 2.24) is 14.7 Å². The molecule has 0 radical (unpaired) electrons. The predicted octanol–water partition coefficient (Wildman–Crippen LogP) is 6.31. The van der Waals surface area contributed by atoms with Crippen LogP contribution < -0.4 is 0 Å². The minimum atomic E-state index is -0.441. The van der Waals surface area contributed by atoms with Gasteiger partial charge in [-0.2, -0.15) is 0 Å². The minimum absolute atomic E-state index is 0.0434. The van der Waals surface area contributed by atoms with Crippen LogP contribution >= 0.6 is 0 Å². The Morgan fingerprint density at radius 3 is 2.10 bits per heavy atom. The van der Waals surface area contributed by atoms with E-state index in [1.54, 1.807) is 9.80 Å². The van der Waals surface area contributed by atoms with E-state index in [-0.39, 0.29) is 18.4 Å². The van der Waals surface area contributed by atoms with E-state index in [1.165, 1.54) is 37.9 Å². The molecule has 2 aliphatic heterocycles. The molecule has 2 amide bonds. The lowest BCUT2D eigenvalue weighted by atomic mass is 9.91. The highest BCUT2D eigenvalue weighted by molar-refractivity contribution is 6.23. The number of hydrogen-bond donors (Lipinski definition) is 0. The first-order valence-corrected chi connectivity index (χ1v) is 14.7. The third kappa shape index (κ3) is 4.20. The van der Waals surface area contributed by atoms with Gasteiger partial charge in [0, 0.05) is 32.7 Å². The number of carbonyl (C=O) groups excluding carboxylic acids is 2. The monoisotopic (exact) mass is 549 g/mol. The first kappa shape index (κ1) is 25.0. The Balaban J connectivity index is 1.02. The molecule has 1 unspecified atom stereocenters. The summed E-state index contributed by atoms with van der Waals surface area (Å²) in [4.78, 5) is 32.8. The van der Waals surface area contributed by atoms with Gasteiger partial charge in [0.1, 0.15) is 12.6 Å². The lowest BCUT2D eigenvalue weighted by Gasteiger charge is -2.46. The highest BCUT2D eigenvalue weighted by Crippen LogP contribution is 2.36. The van der Waals surface area contributed by atoms with Gasteiger partial charge in [0.2, 0.25) is 11.8 Å². The van der Waals surface area contributed by atoms with E-state index in [1.807, 2.05) is 18.2 Å². The van der Waals surface area contributed by atoms with Gasteiger partial charge in [-0.3, -0.25) is 14.5 Å². The van der Waals surface area contributed by atoms with Crippen molar-refractivity contribution in [3.8, 4) is 11.1 Å².